The summed E-state index contributed by atoms with van der Waals surface area (Å²) in [6, 6.07) is -0.844. The summed E-state index contributed by atoms with van der Waals surface area (Å²) in [6.45, 7) is 11.6. The predicted molar refractivity (Wildman–Crippen MR) is 79.3 cm³/mol. The predicted octanol–water partition coefficient (Wildman–Crippen LogP) is 2.82. The molecular formula is C16H23NO3. The number of rotatable bonds is 4. The summed E-state index contributed by atoms with van der Waals surface area (Å²) in [5, 5.41) is 11.6. The van der Waals surface area contributed by atoms with Gasteiger partial charge in [0.05, 0.1) is 0 Å². The first kappa shape index (κ1) is 16.2. The summed E-state index contributed by atoms with van der Waals surface area (Å²) in [7, 11) is 0. The van der Waals surface area contributed by atoms with Crippen LogP contribution in [0.1, 0.15) is 51.5 Å². The van der Waals surface area contributed by atoms with Crippen LogP contribution in [0.25, 0.3) is 0 Å². The highest BCUT2D eigenvalue weighted by atomic mass is 16.4. The third-order valence-electron chi connectivity index (χ3n) is 4.24. The number of carbonyl (C=O) groups excluding carboxylic acids is 1. The van der Waals surface area contributed by atoms with E-state index in [2.05, 4.69) is 5.32 Å². The van der Waals surface area contributed by atoms with Crippen molar-refractivity contribution in [3.05, 3.63) is 33.4 Å². The van der Waals surface area contributed by atoms with Gasteiger partial charge in [-0.3, -0.25) is 4.79 Å². The zero-order valence-corrected chi connectivity index (χ0v) is 13.0. The van der Waals surface area contributed by atoms with Gasteiger partial charge in [0.1, 0.15) is 6.04 Å². The molecule has 1 atom stereocenters. The summed E-state index contributed by atoms with van der Waals surface area (Å²) in [5.41, 5.74) is 5.79. The molecule has 1 amide bonds. The molecule has 0 saturated carbocycles. The lowest BCUT2D eigenvalue weighted by Gasteiger charge is -2.20. The monoisotopic (exact) mass is 277 g/mol. The maximum Gasteiger partial charge on any atom is 0.326 e. The number of aliphatic carboxylic acids is 1. The molecule has 0 aromatic heterocycles. The van der Waals surface area contributed by atoms with Crippen LogP contribution in [0.3, 0.4) is 0 Å². The molecule has 0 aliphatic rings. The van der Waals surface area contributed by atoms with Crippen LogP contribution in [0.4, 0.5) is 0 Å². The Bertz CT molecular complexity index is 532. The second kappa shape index (κ2) is 6.07. The van der Waals surface area contributed by atoms with E-state index in [9.17, 15) is 9.59 Å². The van der Waals surface area contributed by atoms with E-state index < -0.39 is 12.0 Å². The molecular weight excluding hydrogens is 254 g/mol. The molecule has 0 spiro atoms. The summed E-state index contributed by atoms with van der Waals surface area (Å²) < 4.78 is 0. The van der Waals surface area contributed by atoms with E-state index in [0.29, 0.717) is 12.0 Å². The Labute approximate surface area is 120 Å². The molecule has 1 aromatic rings. The first-order valence-electron chi connectivity index (χ1n) is 6.82. The largest absolute Gasteiger partial charge is 0.480 e. The maximum absolute atomic E-state index is 12.4. The fourth-order valence-corrected chi connectivity index (χ4v) is 2.41. The van der Waals surface area contributed by atoms with Gasteiger partial charge in [0.15, 0.2) is 0 Å². The van der Waals surface area contributed by atoms with Crippen LogP contribution in [-0.2, 0) is 4.79 Å². The minimum absolute atomic E-state index is 0.305. The Morgan fingerprint density at radius 1 is 0.950 bits per heavy atom. The van der Waals surface area contributed by atoms with Crippen molar-refractivity contribution in [2.24, 2.45) is 0 Å². The Balaban J connectivity index is 3.27. The third kappa shape index (κ3) is 2.84. The van der Waals surface area contributed by atoms with Crippen molar-refractivity contribution in [3.8, 4) is 0 Å². The zero-order valence-electron chi connectivity index (χ0n) is 13.0. The molecule has 1 rings (SSSR count). The van der Waals surface area contributed by atoms with Gasteiger partial charge in [0, 0.05) is 5.56 Å². The van der Waals surface area contributed by atoms with Gasteiger partial charge in [-0.25, -0.2) is 4.79 Å². The second-order valence-corrected chi connectivity index (χ2v) is 5.27. The fourth-order valence-electron chi connectivity index (χ4n) is 2.41. The van der Waals surface area contributed by atoms with Gasteiger partial charge in [0.2, 0.25) is 0 Å². The van der Waals surface area contributed by atoms with Crippen molar-refractivity contribution in [3.63, 3.8) is 0 Å². The lowest BCUT2D eigenvalue weighted by atomic mass is 9.89. The number of carbonyl (C=O) groups is 2. The Kier molecular flexibility index (Phi) is 4.93. The SMILES string of the molecule is CC[C@H](NC(=O)c1c(C)c(C)c(C)c(C)c1C)C(=O)O. The molecule has 0 radical (unpaired) electrons. The van der Waals surface area contributed by atoms with Gasteiger partial charge in [-0.15, -0.1) is 0 Å². The van der Waals surface area contributed by atoms with Gasteiger partial charge in [-0.2, -0.15) is 0 Å². The van der Waals surface area contributed by atoms with E-state index in [1.807, 2.05) is 34.6 Å². The summed E-state index contributed by atoms with van der Waals surface area (Å²) >= 11 is 0. The molecule has 1 aromatic carbocycles. The number of benzene rings is 1. The van der Waals surface area contributed by atoms with Gasteiger partial charge in [0.25, 0.3) is 5.91 Å². The lowest BCUT2D eigenvalue weighted by Crippen LogP contribution is -2.40. The van der Waals surface area contributed by atoms with Gasteiger partial charge >= 0.3 is 5.97 Å². The van der Waals surface area contributed by atoms with Gasteiger partial charge in [-0.1, -0.05) is 6.92 Å². The van der Waals surface area contributed by atoms with Crippen LogP contribution in [-0.4, -0.2) is 23.0 Å². The topological polar surface area (TPSA) is 66.4 Å². The van der Waals surface area contributed by atoms with E-state index in [-0.39, 0.29) is 5.91 Å². The highest BCUT2D eigenvalue weighted by Crippen LogP contribution is 2.26. The van der Waals surface area contributed by atoms with Crippen molar-refractivity contribution in [2.45, 2.75) is 54.0 Å². The van der Waals surface area contributed by atoms with Crippen LogP contribution >= 0.6 is 0 Å². The van der Waals surface area contributed by atoms with Crippen LogP contribution in [0.5, 0.6) is 0 Å². The average molecular weight is 277 g/mol. The lowest BCUT2D eigenvalue weighted by molar-refractivity contribution is -0.139. The van der Waals surface area contributed by atoms with Crippen molar-refractivity contribution in [1.29, 1.82) is 0 Å². The fraction of sp³-hybridized carbons (Fsp3) is 0.500. The number of carboxylic acid groups (broad SMARTS) is 1. The molecule has 20 heavy (non-hydrogen) atoms. The molecule has 4 heteroatoms. The number of hydrogen-bond donors (Lipinski definition) is 2. The second-order valence-electron chi connectivity index (χ2n) is 5.27. The molecule has 0 unspecified atom stereocenters. The van der Waals surface area contributed by atoms with E-state index in [1.54, 1.807) is 6.92 Å². The van der Waals surface area contributed by atoms with Crippen molar-refractivity contribution < 1.29 is 14.7 Å². The maximum atomic E-state index is 12.4. The number of nitrogens with one attached hydrogen (secondary N) is 1. The van der Waals surface area contributed by atoms with Crippen molar-refractivity contribution >= 4 is 11.9 Å². The molecule has 0 saturated heterocycles. The molecule has 0 aliphatic carbocycles. The van der Waals surface area contributed by atoms with Crippen LogP contribution < -0.4 is 5.32 Å². The van der Waals surface area contributed by atoms with Crippen LogP contribution in [0.2, 0.25) is 0 Å². The third-order valence-corrected chi connectivity index (χ3v) is 4.24. The summed E-state index contributed by atoms with van der Waals surface area (Å²) in [4.78, 5) is 23.4. The minimum Gasteiger partial charge on any atom is -0.480 e. The molecule has 110 valence electrons. The normalized spacial score (nSPS) is 12.1. The smallest absolute Gasteiger partial charge is 0.326 e. The summed E-state index contributed by atoms with van der Waals surface area (Å²) in [5.74, 6) is -1.31. The molecule has 0 bridgehead atoms. The van der Waals surface area contributed by atoms with Crippen molar-refractivity contribution in [2.75, 3.05) is 0 Å². The quantitative estimate of drug-likeness (QED) is 0.889. The Hall–Kier alpha value is -1.84. The minimum atomic E-state index is -1.00. The van der Waals surface area contributed by atoms with Gasteiger partial charge < -0.3 is 10.4 Å². The Morgan fingerprint density at radius 2 is 1.35 bits per heavy atom. The van der Waals surface area contributed by atoms with Gasteiger partial charge in [-0.05, 0) is 68.9 Å². The summed E-state index contributed by atoms with van der Waals surface area (Å²) in [6.07, 6.45) is 0.364. The molecule has 2 N–H and O–H groups in total. The van der Waals surface area contributed by atoms with E-state index in [4.69, 9.17) is 5.11 Å². The average Bonchev–Trinajstić information content (AvgIpc) is 2.40. The first-order valence-corrected chi connectivity index (χ1v) is 6.82. The van der Waals surface area contributed by atoms with Crippen molar-refractivity contribution in [1.82, 2.24) is 5.32 Å². The van der Waals surface area contributed by atoms with E-state index in [1.165, 1.54) is 5.56 Å². The molecule has 0 aliphatic heterocycles. The highest BCUT2D eigenvalue weighted by Gasteiger charge is 2.23. The standard InChI is InChI=1S/C16H23NO3/c1-7-13(16(19)20)17-15(18)14-11(5)9(3)8(2)10(4)12(14)6/h13H,7H2,1-6H3,(H,17,18)(H,19,20)/t13-/m0/s1. The van der Waals surface area contributed by atoms with Crippen LogP contribution in [0.15, 0.2) is 0 Å². The van der Waals surface area contributed by atoms with E-state index in [0.717, 1.165) is 22.3 Å². The van der Waals surface area contributed by atoms with Crippen LogP contribution in [0, 0.1) is 34.6 Å². The number of hydrogen-bond acceptors (Lipinski definition) is 2. The van der Waals surface area contributed by atoms with E-state index >= 15 is 0 Å². The highest BCUT2D eigenvalue weighted by molar-refractivity contribution is 5.99. The zero-order chi connectivity index (χ0) is 15.6. The number of carboxylic acids is 1. The molecule has 4 nitrogen and oxygen atoms in total. The molecule has 0 heterocycles. The first-order chi connectivity index (χ1) is 9.22. The number of amides is 1. The molecule has 0 fully saturated rings. The Morgan fingerprint density at radius 3 is 1.70 bits per heavy atom.